The number of benzene rings is 2. The molecule has 0 aliphatic carbocycles. The summed E-state index contributed by atoms with van der Waals surface area (Å²) in [7, 11) is 0. The first-order chi connectivity index (χ1) is 10.9. The van der Waals surface area contributed by atoms with E-state index in [1.54, 1.807) is 12.2 Å². The summed E-state index contributed by atoms with van der Waals surface area (Å²) in [5.41, 5.74) is 1.50. The van der Waals surface area contributed by atoms with Gasteiger partial charge in [-0.3, -0.25) is 0 Å². The van der Waals surface area contributed by atoms with E-state index in [-0.39, 0.29) is 0 Å². The average molecular weight is 334 g/mol. The van der Waals surface area contributed by atoms with Crippen molar-refractivity contribution in [2.24, 2.45) is 0 Å². The Morgan fingerprint density at radius 3 is 2.30 bits per heavy atom. The monoisotopic (exact) mass is 333 g/mol. The number of aromatic nitrogens is 1. The minimum atomic E-state index is -4.33. The van der Waals surface area contributed by atoms with Crippen LogP contribution in [0.2, 0.25) is 5.15 Å². The number of hydrogen-bond acceptors (Lipinski definition) is 1. The van der Waals surface area contributed by atoms with E-state index >= 15 is 0 Å². The van der Waals surface area contributed by atoms with Crippen LogP contribution in [0.25, 0.3) is 23.1 Å². The van der Waals surface area contributed by atoms with Crippen LogP contribution in [0.3, 0.4) is 0 Å². The second-order valence-electron chi connectivity index (χ2n) is 5.01. The largest absolute Gasteiger partial charge is 0.416 e. The Balaban J connectivity index is 1.89. The van der Waals surface area contributed by atoms with Gasteiger partial charge >= 0.3 is 6.18 Å². The highest BCUT2D eigenvalue weighted by Crippen LogP contribution is 2.29. The predicted molar refractivity (Wildman–Crippen MR) is 87.1 cm³/mol. The van der Waals surface area contributed by atoms with Crippen molar-refractivity contribution in [2.45, 2.75) is 6.18 Å². The van der Waals surface area contributed by atoms with E-state index in [0.29, 0.717) is 16.3 Å². The van der Waals surface area contributed by atoms with Crippen molar-refractivity contribution >= 4 is 34.7 Å². The molecule has 0 saturated carbocycles. The van der Waals surface area contributed by atoms with Crippen LogP contribution in [0.15, 0.2) is 54.6 Å². The second kappa shape index (κ2) is 6.05. The Bertz CT molecular complexity index is 868. The molecule has 1 aromatic heterocycles. The summed E-state index contributed by atoms with van der Waals surface area (Å²) in [5, 5.41) is 1.30. The van der Waals surface area contributed by atoms with E-state index in [9.17, 15) is 13.2 Å². The van der Waals surface area contributed by atoms with E-state index in [1.165, 1.54) is 12.1 Å². The quantitative estimate of drug-likeness (QED) is 0.518. The van der Waals surface area contributed by atoms with Crippen molar-refractivity contribution in [1.82, 2.24) is 4.98 Å². The fraction of sp³-hybridized carbons (Fsp3) is 0.0556. The lowest BCUT2D eigenvalue weighted by Gasteiger charge is -2.06. The zero-order valence-electron chi connectivity index (χ0n) is 11.8. The minimum absolute atomic E-state index is 0.354. The minimum Gasteiger partial charge on any atom is -0.235 e. The van der Waals surface area contributed by atoms with Gasteiger partial charge in [0.05, 0.1) is 11.1 Å². The van der Waals surface area contributed by atoms with Crippen LogP contribution in [0.4, 0.5) is 13.2 Å². The molecule has 0 spiro atoms. The first-order valence-electron chi connectivity index (χ1n) is 6.84. The number of hydrogen-bond donors (Lipinski definition) is 0. The number of para-hydroxylation sites is 1. The van der Waals surface area contributed by atoms with Gasteiger partial charge in [-0.15, -0.1) is 0 Å². The van der Waals surface area contributed by atoms with Gasteiger partial charge in [0.25, 0.3) is 0 Å². The molecule has 0 radical (unpaired) electrons. The number of rotatable bonds is 2. The van der Waals surface area contributed by atoms with Crippen LogP contribution in [0.5, 0.6) is 0 Å². The molecule has 1 nitrogen and oxygen atoms in total. The lowest BCUT2D eigenvalue weighted by Crippen LogP contribution is -2.03. The molecule has 0 N–H and O–H groups in total. The van der Waals surface area contributed by atoms with E-state index in [4.69, 9.17) is 11.6 Å². The molecule has 116 valence electrons. The third kappa shape index (κ3) is 3.54. The van der Waals surface area contributed by atoms with Crippen molar-refractivity contribution in [2.75, 3.05) is 0 Å². The molecule has 0 aliphatic rings. The van der Waals surface area contributed by atoms with Crippen molar-refractivity contribution in [3.8, 4) is 0 Å². The average Bonchev–Trinajstić information content (AvgIpc) is 2.52. The summed E-state index contributed by atoms with van der Waals surface area (Å²) in [6.45, 7) is 0. The summed E-state index contributed by atoms with van der Waals surface area (Å²) in [4.78, 5) is 4.30. The lowest BCUT2D eigenvalue weighted by atomic mass is 10.1. The van der Waals surface area contributed by atoms with Gasteiger partial charge in [-0.25, -0.2) is 4.98 Å². The molecule has 23 heavy (non-hydrogen) atoms. The van der Waals surface area contributed by atoms with E-state index in [0.717, 1.165) is 23.0 Å². The second-order valence-corrected chi connectivity index (χ2v) is 5.37. The number of nitrogens with zero attached hydrogens (tertiary/aromatic N) is 1. The zero-order chi connectivity index (χ0) is 16.4. The van der Waals surface area contributed by atoms with Gasteiger partial charge in [0.15, 0.2) is 0 Å². The predicted octanol–water partition coefficient (Wildman–Crippen LogP) is 6.08. The molecule has 0 fully saturated rings. The molecule has 5 heteroatoms. The number of halogens is 4. The molecule has 0 atom stereocenters. The van der Waals surface area contributed by atoms with Gasteiger partial charge in [0.2, 0.25) is 0 Å². The Morgan fingerprint density at radius 2 is 1.61 bits per heavy atom. The Labute approximate surface area is 136 Å². The van der Waals surface area contributed by atoms with Crippen LogP contribution >= 0.6 is 11.6 Å². The Morgan fingerprint density at radius 1 is 0.913 bits per heavy atom. The zero-order valence-corrected chi connectivity index (χ0v) is 12.6. The maximum Gasteiger partial charge on any atom is 0.416 e. The standard InChI is InChI=1S/C18H11ClF3N/c19-17-14(11-13-3-1-2-4-16(13)23-17)8-5-12-6-9-15(10-7-12)18(20,21)22/h1-11H/b8-5-. The third-order valence-electron chi connectivity index (χ3n) is 3.40. The number of alkyl halides is 3. The van der Waals surface area contributed by atoms with Gasteiger partial charge in [0.1, 0.15) is 5.15 Å². The van der Waals surface area contributed by atoms with E-state index in [2.05, 4.69) is 4.98 Å². The summed E-state index contributed by atoms with van der Waals surface area (Å²) in [6.07, 6.45) is -0.879. The molecule has 0 amide bonds. The van der Waals surface area contributed by atoms with Crippen LogP contribution in [-0.4, -0.2) is 4.98 Å². The fourth-order valence-electron chi connectivity index (χ4n) is 2.19. The summed E-state index contributed by atoms with van der Waals surface area (Å²) in [6, 6.07) is 14.4. The van der Waals surface area contributed by atoms with Gasteiger partial charge in [-0.2, -0.15) is 13.2 Å². The van der Waals surface area contributed by atoms with Gasteiger partial charge in [0, 0.05) is 10.9 Å². The van der Waals surface area contributed by atoms with Gasteiger partial charge in [-0.05, 0) is 29.8 Å². The molecule has 3 rings (SSSR count). The molecular formula is C18H11ClF3N. The molecule has 0 bridgehead atoms. The first-order valence-corrected chi connectivity index (χ1v) is 7.22. The molecule has 0 aliphatic heterocycles. The first kappa shape index (κ1) is 15.6. The highest BCUT2D eigenvalue weighted by molar-refractivity contribution is 6.31. The van der Waals surface area contributed by atoms with E-state index < -0.39 is 11.7 Å². The molecule has 3 aromatic rings. The maximum absolute atomic E-state index is 12.5. The summed E-state index contributed by atoms with van der Waals surface area (Å²) >= 11 is 6.14. The fourth-order valence-corrected chi connectivity index (χ4v) is 2.40. The van der Waals surface area contributed by atoms with Crippen molar-refractivity contribution in [1.29, 1.82) is 0 Å². The molecule has 1 heterocycles. The number of fused-ring (bicyclic) bond motifs is 1. The highest BCUT2D eigenvalue weighted by Gasteiger charge is 2.29. The van der Waals surface area contributed by atoms with Crippen LogP contribution in [0.1, 0.15) is 16.7 Å². The summed E-state index contributed by atoms with van der Waals surface area (Å²) in [5.74, 6) is 0. The smallest absolute Gasteiger partial charge is 0.235 e. The Kier molecular flexibility index (Phi) is 4.09. The Hall–Kier alpha value is -2.33. The maximum atomic E-state index is 12.5. The van der Waals surface area contributed by atoms with Crippen LogP contribution in [0, 0.1) is 0 Å². The van der Waals surface area contributed by atoms with Gasteiger partial charge in [-0.1, -0.05) is 54.1 Å². The molecule has 0 saturated heterocycles. The lowest BCUT2D eigenvalue weighted by molar-refractivity contribution is -0.137. The summed E-state index contributed by atoms with van der Waals surface area (Å²) < 4.78 is 37.6. The van der Waals surface area contributed by atoms with Crippen LogP contribution in [-0.2, 0) is 6.18 Å². The number of pyridine rings is 1. The van der Waals surface area contributed by atoms with Crippen molar-refractivity contribution in [3.05, 3.63) is 76.4 Å². The highest BCUT2D eigenvalue weighted by atomic mass is 35.5. The SMILES string of the molecule is FC(F)(F)c1ccc(/C=C\c2cc3ccccc3nc2Cl)cc1. The molecular weight excluding hydrogens is 323 g/mol. The van der Waals surface area contributed by atoms with Crippen LogP contribution < -0.4 is 0 Å². The van der Waals surface area contributed by atoms with Crippen molar-refractivity contribution < 1.29 is 13.2 Å². The topological polar surface area (TPSA) is 12.9 Å². The third-order valence-corrected chi connectivity index (χ3v) is 3.70. The molecule has 0 unspecified atom stereocenters. The van der Waals surface area contributed by atoms with E-state index in [1.807, 2.05) is 30.3 Å². The van der Waals surface area contributed by atoms with Crippen molar-refractivity contribution in [3.63, 3.8) is 0 Å². The normalized spacial score (nSPS) is 12.2. The van der Waals surface area contributed by atoms with Gasteiger partial charge < -0.3 is 0 Å². The molecule has 2 aromatic carbocycles.